The maximum atomic E-state index is 13.1. The molecule has 1 aliphatic heterocycles. The summed E-state index contributed by atoms with van der Waals surface area (Å²) in [5, 5.41) is 0. The highest BCUT2D eigenvalue weighted by Crippen LogP contribution is 2.36. The third kappa shape index (κ3) is 5.86. The van der Waals surface area contributed by atoms with Crippen molar-refractivity contribution >= 4 is 5.97 Å². The van der Waals surface area contributed by atoms with E-state index in [1.54, 1.807) is 14.2 Å². The molecule has 0 saturated heterocycles. The Kier molecular flexibility index (Phi) is 8.76. The molecular formula is C28H33NO4. The molecule has 5 heteroatoms. The lowest BCUT2D eigenvalue weighted by Gasteiger charge is -2.33. The van der Waals surface area contributed by atoms with Gasteiger partial charge in [-0.3, -0.25) is 0 Å². The van der Waals surface area contributed by atoms with Gasteiger partial charge in [0.05, 0.1) is 26.4 Å². The predicted molar refractivity (Wildman–Crippen MR) is 131 cm³/mol. The SMILES string of the molecule is C=CCCC1=C(C(=O)OCC)[C@H](c2ccccc2)C=CN1CCc1ccc(OC)c(OC)c1. The Balaban J connectivity index is 1.93. The smallest absolute Gasteiger partial charge is 0.336 e. The van der Waals surface area contributed by atoms with E-state index in [2.05, 4.69) is 35.9 Å². The van der Waals surface area contributed by atoms with Crippen molar-refractivity contribution < 1.29 is 19.0 Å². The summed E-state index contributed by atoms with van der Waals surface area (Å²) in [6.45, 7) is 6.79. The van der Waals surface area contributed by atoms with E-state index in [-0.39, 0.29) is 11.9 Å². The monoisotopic (exact) mass is 447 g/mol. The van der Waals surface area contributed by atoms with Crippen LogP contribution in [-0.4, -0.2) is 38.2 Å². The van der Waals surface area contributed by atoms with Crippen molar-refractivity contribution in [1.82, 2.24) is 4.90 Å². The van der Waals surface area contributed by atoms with Crippen LogP contribution < -0.4 is 9.47 Å². The largest absolute Gasteiger partial charge is 0.493 e. The molecule has 1 atom stereocenters. The first-order chi connectivity index (χ1) is 16.1. The average molecular weight is 448 g/mol. The van der Waals surface area contributed by atoms with Crippen molar-refractivity contribution in [3.05, 3.63) is 95.9 Å². The third-order valence-electron chi connectivity index (χ3n) is 5.76. The average Bonchev–Trinajstić information content (AvgIpc) is 2.86. The molecule has 0 saturated carbocycles. The minimum atomic E-state index is -0.258. The molecule has 0 fully saturated rings. The Morgan fingerprint density at radius 3 is 2.48 bits per heavy atom. The Morgan fingerprint density at radius 2 is 1.82 bits per heavy atom. The molecule has 2 aromatic rings. The van der Waals surface area contributed by atoms with Crippen molar-refractivity contribution in [3.63, 3.8) is 0 Å². The molecule has 0 amide bonds. The Morgan fingerprint density at radius 1 is 1.06 bits per heavy atom. The van der Waals surface area contributed by atoms with E-state index in [0.717, 1.165) is 42.6 Å². The number of nitrogens with zero attached hydrogens (tertiary/aromatic N) is 1. The van der Waals surface area contributed by atoms with E-state index in [1.807, 2.05) is 49.4 Å². The number of ether oxygens (including phenoxy) is 3. The van der Waals surface area contributed by atoms with Gasteiger partial charge in [-0.25, -0.2) is 4.79 Å². The molecule has 1 aliphatic rings. The molecule has 0 N–H and O–H groups in total. The van der Waals surface area contributed by atoms with E-state index < -0.39 is 0 Å². The first-order valence-electron chi connectivity index (χ1n) is 11.3. The molecular weight excluding hydrogens is 414 g/mol. The van der Waals surface area contributed by atoms with Crippen molar-refractivity contribution in [2.75, 3.05) is 27.4 Å². The van der Waals surface area contributed by atoms with Crippen LogP contribution >= 0.6 is 0 Å². The van der Waals surface area contributed by atoms with Gasteiger partial charge in [-0.1, -0.05) is 48.6 Å². The van der Waals surface area contributed by atoms with E-state index in [1.165, 1.54) is 0 Å². The highest BCUT2D eigenvalue weighted by molar-refractivity contribution is 5.92. The van der Waals surface area contributed by atoms with Crippen LogP contribution in [0.2, 0.25) is 0 Å². The Labute approximate surface area is 197 Å². The maximum Gasteiger partial charge on any atom is 0.336 e. The van der Waals surface area contributed by atoms with Gasteiger partial charge in [0.2, 0.25) is 0 Å². The molecule has 5 nitrogen and oxygen atoms in total. The lowest BCUT2D eigenvalue weighted by molar-refractivity contribution is -0.139. The summed E-state index contributed by atoms with van der Waals surface area (Å²) in [7, 11) is 3.27. The van der Waals surface area contributed by atoms with E-state index in [9.17, 15) is 4.79 Å². The van der Waals surface area contributed by atoms with Crippen molar-refractivity contribution in [1.29, 1.82) is 0 Å². The van der Waals surface area contributed by atoms with Crippen molar-refractivity contribution in [2.45, 2.75) is 32.1 Å². The van der Waals surface area contributed by atoms with Gasteiger partial charge < -0.3 is 19.1 Å². The summed E-state index contributed by atoms with van der Waals surface area (Å²) >= 11 is 0. The second kappa shape index (κ2) is 12.0. The molecule has 3 rings (SSSR count). The Hall–Kier alpha value is -3.47. The number of rotatable bonds is 11. The quantitative estimate of drug-likeness (QED) is 0.329. The normalized spacial score (nSPS) is 15.4. The van der Waals surface area contributed by atoms with E-state index in [4.69, 9.17) is 14.2 Å². The summed E-state index contributed by atoms with van der Waals surface area (Å²) in [5.74, 6) is 1.03. The number of carbonyl (C=O) groups is 1. The fourth-order valence-corrected chi connectivity index (χ4v) is 4.11. The first-order valence-corrected chi connectivity index (χ1v) is 11.3. The zero-order valence-electron chi connectivity index (χ0n) is 19.8. The van der Waals surface area contributed by atoms with Crippen LogP contribution in [0.1, 0.15) is 36.8 Å². The number of allylic oxidation sites excluding steroid dienone is 3. The van der Waals surface area contributed by atoms with Gasteiger partial charge in [0.1, 0.15) is 0 Å². The zero-order valence-corrected chi connectivity index (χ0v) is 19.8. The lowest BCUT2D eigenvalue weighted by Crippen LogP contribution is -2.29. The number of hydrogen-bond donors (Lipinski definition) is 0. The molecule has 33 heavy (non-hydrogen) atoms. The van der Waals surface area contributed by atoms with Gasteiger partial charge in [-0.15, -0.1) is 6.58 Å². The van der Waals surface area contributed by atoms with E-state index in [0.29, 0.717) is 23.7 Å². The molecule has 2 aromatic carbocycles. The topological polar surface area (TPSA) is 48.0 Å². The summed E-state index contributed by atoms with van der Waals surface area (Å²) in [6, 6.07) is 16.1. The number of carbonyl (C=O) groups excluding carboxylic acids is 1. The fourth-order valence-electron chi connectivity index (χ4n) is 4.11. The van der Waals surface area contributed by atoms with Gasteiger partial charge in [-0.05, 0) is 49.4 Å². The van der Waals surface area contributed by atoms with Crippen LogP contribution in [0.15, 0.2) is 84.7 Å². The molecule has 1 heterocycles. The van der Waals surface area contributed by atoms with Crippen molar-refractivity contribution in [3.8, 4) is 11.5 Å². The zero-order chi connectivity index (χ0) is 23.6. The van der Waals surface area contributed by atoms with E-state index >= 15 is 0 Å². The standard InChI is InChI=1S/C28H33NO4/c1-5-7-13-24-27(28(30)33-6-2)23(22-11-9-8-10-12-22)17-19-29(24)18-16-21-14-15-25(31-3)26(20-21)32-4/h5,8-12,14-15,17,19-20,23H,1,6-7,13,16,18H2,2-4H3/t23-/m0/s1. The molecule has 0 aromatic heterocycles. The molecule has 0 bridgehead atoms. The summed E-state index contributed by atoms with van der Waals surface area (Å²) in [5.41, 5.74) is 3.91. The van der Waals surface area contributed by atoms with Crippen LogP contribution in [0.5, 0.6) is 11.5 Å². The predicted octanol–water partition coefficient (Wildman–Crippen LogP) is 5.64. The summed E-state index contributed by atoms with van der Waals surface area (Å²) in [6.07, 6.45) is 8.36. The molecule has 0 spiro atoms. The molecule has 174 valence electrons. The van der Waals surface area contributed by atoms with Crippen molar-refractivity contribution in [2.24, 2.45) is 0 Å². The highest BCUT2D eigenvalue weighted by atomic mass is 16.5. The number of benzene rings is 2. The van der Waals surface area contributed by atoms with Crippen LogP contribution in [0, 0.1) is 0 Å². The second-order valence-electron chi connectivity index (χ2n) is 7.77. The summed E-state index contributed by atoms with van der Waals surface area (Å²) in [4.78, 5) is 15.3. The molecule has 0 radical (unpaired) electrons. The van der Waals surface area contributed by atoms with Gasteiger partial charge in [0.25, 0.3) is 0 Å². The van der Waals surface area contributed by atoms with Gasteiger partial charge in [0.15, 0.2) is 11.5 Å². The minimum Gasteiger partial charge on any atom is -0.493 e. The fraction of sp³-hybridized carbons (Fsp3) is 0.321. The van der Waals surface area contributed by atoms with Crippen LogP contribution in [0.4, 0.5) is 0 Å². The number of methoxy groups -OCH3 is 2. The molecule has 0 aliphatic carbocycles. The molecule has 0 unspecified atom stereocenters. The number of esters is 1. The maximum absolute atomic E-state index is 13.1. The van der Waals surface area contributed by atoms with Crippen LogP contribution in [0.25, 0.3) is 0 Å². The van der Waals surface area contributed by atoms with Gasteiger partial charge in [-0.2, -0.15) is 0 Å². The van der Waals surface area contributed by atoms with Gasteiger partial charge >= 0.3 is 5.97 Å². The Bertz CT molecular complexity index is 1010. The minimum absolute atomic E-state index is 0.137. The first kappa shape index (κ1) is 24.2. The second-order valence-corrected chi connectivity index (χ2v) is 7.77. The highest BCUT2D eigenvalue weighted by Gasteiger charge is 2.30. The number of hydrogen-bond acceptors (Lipinski definition) is 5. The summed E-state index contributed by atoms with van der Waals surface area (Å²) < 4.78 is 16.3. The van der Waals surface area contributed by atoms with Crippen LogP contribution in [-0.2, 0) is 16.0 Å². The van der Waals surface area contributed by atoms with Gasteiger partial charge in [0, 0.05) is 24.4 Å². The van der Waals surface area contributed by atoms with Crippen LogP contribution in [0.3, 0.4) is 0 Å². The lowest BCUT2D eigenvalue weighted by atomic mass is 9.86. The third-order valence-corrected chi connectivity index (χ3v) is 5.76.